The van der Waals surface area contributed by atoms with Crippen LogP contribution in [0.2, 0.25) is 0 Å². The molecule has 24 heavy (non-hydrogen) atoms. The van der Waals surface area contributed by atoms with Gasteiger partial charge in [0.2, 0.25) is 0 Å². The largest absolute Gasteiger partial charge is 0.493 e. The third kappa shape index (κ3) is 4.53. The zero-order valence-corrected chi connectivity index (χ0v) is 13.5. The molecule has 0 saturated carbocycles. The van der Waals surface area contributed by atoms with Gasteiger partial charge in [0.05, 0.1) is 30.7 Å². The molecule has 1 aliphatic heterocycles. The molecule has 1 saturated heterocycles. The first kappa shape index (κ1) is 16.4. The molecule has 6 heteroatoms. The molecule has 0 aromatic heterocycles. The van der Waals surface area contributed by atoms with E-state index in [0.717, 1.165) is 31.9 Å². The molecule has 1 heterocycles. The van der Waals surface area contributed by atoms with Crippen molar-refractivity contribution in [2.24, 2.45) is 0 Å². The molecule has 1 unspecified atom stereocenters. The predicted molar refractivity (Wildman–Crippen MR) is 94.5 cm³/mol. The summed E-state index contributed by atoms with van der Waals surface area (Å²) in [7, 11) is 0. The summed E-state index contributed by atoms with van der Waals surface area (Å²) in [6, 6.07) is 12.7. The van der Waals surface area contributed by atoms with Crippen LogP contribution in [0.3, 0.4) is 0 Å². The molecule has 6 nitrogen and oxygen atoms in total. The minimum Gasteiger partial charge on any atom is -0.493 e. The van der Waals surface area contributed by atoms with Crippen LogP contribution in [0.15, 0.2) is 42.5 Å². The number of ether oxygens (including phenoxy) is 3. The molecular weight excluding hydrogens is 306 g/mol. The third-order valence-corrected chi connectivity index (χ3v) is 3.83. The third-order valence-electron chi connectivity index (χ3n) is 3.83. The molecular formula is C18H23N3O3. The van der Waals surface area contributed by atoms with Gasteiger partial charge >= 0.3 is 0 Å². The van der Waals surface area contributed by atoms with Crippen molar-refractivity contribution in [3.8, 4) is 17.2 Å². The van der Waals surface area contributed by atoms with Gasteiger partial charge in [0, 0.05) is 25.6 Å². The van der Waals surface area contributed by atoms with Crippen molar-refractivity contribution in [1.82, 2.24) is 5.32 Å². The summed E-state index contributed by atoms with van der Waals surface area (Å²) in [5.74, 6) is 2.17. The Labute approximate surface area is 141 Å². The maximum atomic E-state index is 5.78. The summed E-state index contributed by atoms with van der Waals surface area (Å²) < 4.78 is 17.1. The highest BCUT2D eigenvalue weighted by atomic mass is 16.5. The van der Waals surface area contributed by atoms with Gasteiger partial charge in [0.25, 0.3) is 0 Å². The first-order chi connectivity index (χ1) is 11.7. The van der Waals surface area contributed by atoms with Crippen LogP contribution in [0.4, 0.5) is 11.4 Å². The Balaban J connectivity index is 1.48. The number of nitrogens with two attached hydrogens (primary N) is 2. The van der Waals surface area contributed by atoms with Gasteiger partial charge in [-0.3, -0.25) is 0 Å². The number of nitrogen functional groups attached to an aromatic ring is 2. The molecule has 0 spiro atoms. The average molecular weight is 329 g/mol. The number of morpholine rings is 1. The van der Waals surface area contributed by atoms with Gasteiger partial charge in [-0.1, -0.05) is 0 Å². The molecule has 0 aliphatic carbocycles. The van der Waals surface area contributed by atoms with E-state index in [1.165, 1.54) is 0 Å². The van der Waals surface area contributed by atoms with Crippen LogP contribution in [-0.4, -0.2) is 32.4 Å². The smallest absolute Gasteiger partial charge is 0.129 e. The second kappa shape index (κ2) is 7.90. The molecule has 0 bridgehead atoms. The first-order valence-electron chi connectivity index (χ1n) is 8.09. The summed E-state index contributed by atoms with van der Waals surface area (Å²) in [4.78, 5) is 0. The predicted octanol–water partition coefficient (Wildman–Crippen LogP) is 2.40. The maximum Gasteiger partial charge on any atom is 0.129 e. The van der Waals surface area contributed by atoms with Crippen molar-refractivity contribution < 1.29 is 14.2 Å². The molecule has 1 atom stereocenters. The Morgan fingerprint density at radius 3 is 2.46 bits per heavy atom. The fourth-order valence-electron chi connectivity index (χ4n) is 2.47. The fraction of sp³-hybridized carbons (Fsp3) is 0.333. The number of nitrogens with one attached hydrogen (secondary N) is 1. The SMILES string of the molecule is Nc1ccc(Oc2ccc(OCCC3CNCCO3)cc2)cc1N. The van der Waals surface area contributed by atoms with Crippen LogP contribution in [-0.2, 0) is 4.74 Å². The fourth-order valence-corrected chi connectivity index (χ4v) is 2.47. The number of hydrogen-bond acceptors (Lipinski definition) is 6. The Morgan fingerprint density at radius 2 is 1.75 bits per heavy atom. The van der Waals surface area contributed by atoms with E-state index in [2.05, 4.69) is 5.32 Å². The van der Waals surface area contributed by atoms with Crippen molar-refractivity contribution in [2.45, 2.75) is 12.5 Å². The molecule has 128 valence electrons. The number of anilines is 2. The van der Waals surface area contributed by atoms with E-state index in [1.54, 1.807) is 18.2 Å². The Bertz CT molecular complexity index is 655. The van der Waals surface area contributed by atoms with Crippen molar-refractivity contribution in [3.63, 3.8) is 0 Å². The Kier molecular flexibility index (Phi) is 5.40. The summed E-state index contributed by atoms with van der Waals surface area (Å²) in [5.41, 5.74) is 12.5. The van der Waals surface area contributed by atoms with Crippen LogP contribution >= 0.6 is 0 Å². The van der Waals surface area contributed by atoms with Crippen molar-refractivity contribution >= 4 is 11.4 Å². The van der Waals surface area contributed by atoms with Crippen molar-refractivity contribution in [2.75, 3.05) is 37.8 Å². The molecule has 2 aromatic rings. The second-order valence-electron chi connectivity index (χ2n) is 5.70. The zero-order valence-electron chi connectivity index (χ0n) is 13.5. The van der Waals surface area contributed by atoms with Crippen LogP contribution in [0.25, 0.3) is 0 Å². The highest BCUT2D eigenvalue weighted by Crippen LogP contribution is 2.27. The lowest BCUT2D eigenvalue weighted by Gasteiger charge is -2.23. The summed E-state index contributed by atoms with van der Waals surface area (Å²) in [5, 5.41) is 3.31. The van der Waals surface area contributed by atoms with E-state index in [4.69, 9.17) is 25.7 Å². The molecule has 0 amide bonds. The van der Waals surface area contributed by atoms with E-state index in [0.29, 0.717) is 29.5 Å². The lowest BCUT2D eigenvalue weighted by molar-refractivity contribution is 0.0159. The zero-order chi connectivity index (χ0) is 16.8. The lowest BCUT2D eigenvalue weighted by atomic mass is 10.2. The van der Waals surface area contributed by atoms with E-state index >= 15 is 0 Å². The summed E-state index contributed by atoms with van der Waals surface area (Å²) >= 11 is 0. The normalized spacial score (nSPS) is 17.4. The summed E-state index contributed by atoms with van der Waals surface area (Å²) in [6.45, 7) is 3.22. The van der Waals surface area contributed by atoms with Crippen molar-refractivity contribution in [1.29, 1.82) is 0 Å². The lowest BCUT2D eigenvalue weighted by Crippen LogP contribution is -2.39. The van der Waals surface area contributed by atoms with Crippen LogP contribution < -0.4 is 26.3 Å². The van der Waals surface area contributed by atoms with Crippen LogP contribution in [0, 0.1) is 0 Å². The van der Waals surface area contributed by atoms with E-state index in [9.17, 15) is 0 Å². The molecule has 5 N–H and O–H groups in total. The standard InChI is InChI=1S/C18H23N3O3/c19-17-6-5-15(11-18(17)20)24-14-3-1-13(2-4-14)22-9-7-16-12-21-8-10-23-16/h1-6,11,16,21H,7-10,12,19-20H2. The first-order valence-corrected chi connectivity index (χ1v) is 8.09. The van der Waals surface area contributed by atoms with E-state index in [1.807, 2.05) is 24.3 Å². The molecule has 0 radical (unpaired) electrons. The van der Waals surface area contributed by atoms with Gasteiger partial charge in [-0.2, -0.15) is 0 Å². The number of benzene rings is 2. The van der Waals surface area contributed by atoms with E-state index in [-0.39, 0.29) is 6.10 Å². The highest BCUT2D eigenvalue weighted by molar-refractivity contribution is 5.65. The molecule has 1 fully saturated rings. The van der Waals surface area contributed by atoms with Gasteiger partial charge in [0.1, 0.15) is 17.2 Å². The molecule has 1 aliphatic rings. The van der Waals surface area contributed by atoms with E-state index < -0.39 is 0 Å². The van der Waals surface area contributed by atoms with Crippen LogP contribution in [0.5, 0.6) is 17.2 Å². The maximum absolute atomic E-state index is 5.78. The number of rotatable bonds is 6. The monoisotopic (exact) mass is 329 g/mol. The van der Waals surface area contributed by atoms with Gasteiger partial charge in [0.15, 0.2) is 0 Å². The highest BCUT2D eigenvalue weighted by Gasteiger charge is 2.12. The second-order valence-corrected chi connectivity index (χ2v) is 5.70. The van der Waals surface area contributed by atoms with Gasteiger partial charge in [-0.15, -0.1) is 0 Å². The average Bonchev–Trinajstić information content (AvgIpc) is 2.61. The Morgan fingerprint density at radius 1 is 1.00 bits per heavy atom. The molecule has 3 rings (SSSR count). The van der Waals surface area contributed by atoms with Crippen LogP contribution in [0.1, 0.15) is 6.42 Å². The topological polar surface area (TPSA) is 91.8 Å². The number of hydrogen-bond donors (Lipinski definition) is 3. The van der Waals surface area contributed by atoms with Gasteiger partial charge < -0.3 is 31.0 Å². The van der Waals surface area contributed by atoms with Crippen molar-refractivity contribution in [3.05, 3.63) is 42.5 Å². The van der Waals surface area contributed by atoms with Gasteiger partial charge in [-0.05, 0) is 36.4 Å². The Hall–Kier alpha value is -2.44. The minimum atomic E-state index is 0.234. The molecule has 2 aromatic carbocycles. The minimum absolute atomic E-state index is 0.234. The summed E-state index contributed by atoms with van der Waals surface area (Å²) in [6.07, 6.45) is 1.10. The van der Waals surface area contributed by atoms with Gasteiger partial charge in [-0.25, -0.2) is 0 Å². The quantitative estimate of drug-likeness (QED) is 0.705.